The van der Waals surface area contributed by atoms with E-state index in [0.29, 0.717) is 11.1 Å². The van der Waals surface area contributed by atoms with Crippen molar-refractivity contribution in [2.75, 3.05) is 0 Å². The first-order valence-corrected chi connectivity index (χ1v) is 5.46. The minimum Gasteiger partial charge on any atom is -0.323 e. The third-order valence-electron chi connectivity index (χ3n) is 2.65. The molecule has 2 aromatic rings. The zero-order chi connectivity index (χ0) is 14.2. The van der Waals surface area contributed by atoms with Crippen LogP contribution in [0.2, 0.25) is 0 Å². The molecule has 0 amide bonds. The van der Waals surface area contributed by atoms with Crippen LogP contribution in [0.4, 0.5) is 17.6 Å². The Morgan fingerprint density at radius 3 is 2.32 bits per heavy atom. The van der Waals surface area contributed by atoms with Gasteiger partial charge in [0, 0.05) is 6.07 Å². The molecule has 0 saturated heterocycles. The van der Waals surface area contributed by atoms with Gasteiger partial charge in [0.15, 0.2) is 23.3 Å². The lowest BCUT2D eigenvalue weighted by atomic mass is 10.2. The van der Waals surface area contributed by atoms with E-state index in [-0.39, 0.29) is 11.8 Å². The lowest BCUT2D eigenvalue weighted by Crippen LogP contribution is -2.09. The van der Waals surface area contributed by atoms with Crippen LogP contribution in [0.15, 0.2) is 12.3 Å². The zero-order valence-corrected chi connectivity index (χ0v) is 9.87. The standard InChI is InChI=1S/C11H10F4N4/c1-2-7(16)8-4-19(18-17-8)11-9(14)5(12)3-6(13)10(11)15/h3-4,7H,2,16H2,1H3. The Morgan fingerprint density at radius 1 is 1.21 bits per heavy atom. The highest BCUT2D eigenvalue weighted by Gasteiger charge is 2.22. The van der Waals surface area contributed by atoms with E-state index in [2.05, 4.69) is 10.3 Å². The summed E-state index contributed by atoms with van der Waals surface area (Å²) in [6.45, 7) is 1.78. The van der Waals surface area contributed by atoms with Gasteiger partial charge in [0.05, 0.1) is 17.9 Å². The molecule has 1 unspecified atom stereocenters. The largest absolute Gasteiger partial charge is 0.323 e. The smallest absolute Gasteiger partial charge is 0.187 e. The number of nitrogens with zero attached hydrogens (tertiary/aromatic N) is 3. The van der Waals surface area contributed by atoms with Crippen molar-refractivity contribution in [2.24, 2.45) is 5.73 Å². The molecular weight excluding hydrogens is 264 g/mol. The molecule has 0 bridgehead atoms. The number of hydrogen-bond donors (Lipinski definition) is 1. The molecule has 102 valence electrons. The van der Waals surface area contributed by atoms with E-state index in [0.717, 1.165) is 6.20 Å². The second-order valence-corrected chi connectivity index (χ2v) is 3.92. The molecule has 1 heterocycles. The molecule has 1 aromatic carbocycles. The van der Waals surface area contributed by atoms with Gasteiger partial charge >= 0.3 is 0 Å². The number of aromatic nitrogens is 3. The van der Waals surface area contributed by atoms with Crippen molar-refractivity contribution < 1.29 is 17.6 Å². The summed E-state index contributed by atoms with van der Waals surface area (Å²) in [5.41, 5.74) is 4.98. The lowest BCUT2D eigenvalue weighted by Gasteiger charge is -2.06. The van der Waals surface area contributed by atoms with E-state index in [1.807, 2.05) is 0 Å². The quantitative estimate of drug-likeness (QED) is 0.689. The van der Waals surface area contributed by atoms with Crippen LogP contribution in [-0.2, 0) is 0 Å². The van der Waals surface area contributed by atoms with Gasteiger partial charge in [-0.25, -0.2) is 22.2 Å². The van der Waals surface area contributed by atoms with E-state index in [4.69, 9.17) is 5.73 Å². The van der Waals surface area contributed by atoms with Gasteiger partial charge in [-0.1, -0.05) is 12.1 Å². The van der Waals surface area contributed by atoms with Crippen molar-refractivity contribution in [3.8, 4) is 5.69 Å². The maximum atomic E-state index is 13.5. The van der Waals surface area contributed by atoms with Crippen LogP contribution in [0, 0.1) is 23.3 Å². The van der Waals surface area contributed by atoms with Gasteiger partial charge in [-0.15, -0.1) is 5.10 Å². The lowest BCUT2D eigenvalue weighted by molar-refractivity contribution is 0.443. The van der Waals surface area contributed by atoms with Gasteiger partial charge in [0.25, 0.3) is 0 Å². The molecule has 2 N–H and O–H groups in total. The average molecular weight is 274 g/mol. The van der Waals surface area contributed by atoms with Crippen molar-refractivity contribution in [3.63, 3.8) is 0 Å². The molecule has 19 heavy (non-hydrogen) atoms. The van der Waals surface area contributed by atoms with Crippen molar-refractivity contribution >= 4 is 0 Å². The maximum absolute atomic E-state index is 13.5. The maximum Gasteiger partial charge on any atom is 0.187 e. The van der Waals surface area contributed by atoms with E-state index >= 15 is 0 Å². The number of hydrogen-bond acceptors (Lipinski definition) is 3. The van der Waals surface area contributed by atoms with Crippen molar-refractivity contribution in [2.45, 2.75) is 19.4 Å². The van der Waals surface area contributed by atoms with Gasteiger partial charge < -0.3 is 5.73 Å². The van der Waals surface area contributed by atoms with Crippen molar-refractivity contribution in [1.82, 2.24) is 15.0 Å². The summed E-state index contributed by atoms with van der Waals surface area (Å²) in [6.07, 6.45) is 1.66. The topological polar surface area (TPSA) is 56.7 Å². The third-order valence-corrected chi connectivity index (χ3v) is 2.65. The summed E-state index contributed by atoms with van der Waals surface area (Å²) in [6, 6.07) is -0.345. The monoisotopic (exact) mass is 274 g/mol. The fraction of sp³-hybridized carbons (Fsp3) is 0.273. The third kappa shape index (κ3) is 2.30. The minimum atomic E-state index is -1.54. The molecule has 0 saturated carbocycles. The Bertz CT molecular complexity index is 585. The predicted octanol–water partition coefficient (Wildman–Crippen LogP) is 2.23. The second kappa shape index (κ2) is 4.96. The first-order chi connectivity index (χ1) is 8.95. The van der Waals surface area contributed by atoms with Gasteiger partial charge in [-0.2, -0.15) is 0 Å². The van der Waals surface area contributed by atoms with Gasteiger partial charge in [0.1, 0.15) is 5.69 Å². The summed E-state index contributed by atoms with van der Waals surface area (Å²) in [5, 5.41) is 7.05. The Hall–Kier alpha value is -1.96. The minimum absolute atomic E-state index is 0.129. The van der Waals surface area contributed by atoms with E-state index in [1.54, 1.807) is 6.92 Å². The van der Waals surface area contributed by atoms with Gasteiger partial charge in [-0.3, -0.25) is 0 Å². The molecule has 0 aliphatic rings. The molecule has 0 aliphatic heterocycles. The van der Waals surface area contributed by atoms with Crippen LogP contribution in [-0.4, -0.2) is 15.0 Å². The molecule has 0 radical (unpaired) electrons. The fourth-order valence-corrected chi connectivity index (χ4v) is 1.53. The molecule has 1 aromatic heterocycles. The normalized spacial score (nSPS) is 12.7. The van der Waals surface area contributed by atoms with Crippen LogP contribution in [0.5, 0.6) is 0 Å². The van der Waals surface area contributed by atoms with Crippen LogP contribution in [0.1, 0.15) is 25.1 Å². The van der Waals surface area contributed by atoms with E-state index in [9.17, 15) is 17.6 Å². The SMILES string of the molecule is CCC(N)c1cn(-c2c(F)c(F)cc(F)c2F)nn1. The summed E-state index contributed by atoms with van der Waals surface area (Å²) >= 11 is 0. The highest BCUT2D eigenvalue weighted by Crippen LogP contribution is 2.23. The Kier molecular flexibility index (Phi) is 3.52. The van der Waals surface area contributed by atoms with Crippen molar-refractivity contribution in [1.29, 1.82) is 0 Å². The molecule has 4 nitrogen and oxygen atoms in total. The Morgan fingerprint density at radius 2 is 1.79 bits per heavy atom. The Balaban J connectivity index is 2.56. The van der Waals surface area contributed by atoms with Gasteiger partial charge in [0.2, 0.25) is 0 Å². The highest BCUT2D eigenvalue weighted by atomic mass is 19.2. The number of halogens is 4. The molecule has 0 spiro atoms. The van der Waals surface area contributed by atoms with Crippen LogP contribution < -0.4 is 5.73 Å². The van der Waals surface area contributed by atoms with Crippen LogP contribution >= 0.6 is 0 Å². The highest BCUT2D eigenvalue weighted by molar-refractivity contribution is 5.36. The summed E-state index contributed by atoms with van der Waals surface area (Å²) < 4.78 is 53.8. The number of rotatable bonds is 3. The van der Waals surface area contributed by atoms with Gasteiger partial charge in [-0.05, 0) is 6.42 Å². The van der Waals surface area contributed by atoms with E-state index in [1.165, 1.54) is 0 Å². The predicted molar refractivity (Wildman–Crippen MR) is 58.4 cm³/mol. The van der Waals surface area contributed by atoms with Crippen molar-refractivity contribution in [3.05, 3.63) is 41.2 Å². The summed E-state index contributed by atoms with van der Waals surface area (Å²) in [4.78, 5) is 0. The molecule has 0 aliphatic carbocycles. The summed E-state index contributed by atoms with van der Waals surface area (Å²) in [7, 11) is 0. The first kappa shape index (κ1) is 13.5. The first-order valence-electron chi connectivity index (χ1n) is 5.46. The molecule has 0 fully saturated rings. The molecule has 8 heteroatoms. The number of nitrogens with two attached hydrogens (primary N) is 1. The number of benzene rings is 1. The molecule has 2 rings (SSSR count). The summed E-state index contributed by atoms with van der Waals surface area (Å²) in [5.74, 6) is -6.10. The van der Waals surface area contributed by atoms with Crippen LogP contribution in [0.3, 0.4) is 0 Å². The molecule has 1 atom stereocenters. The fourth-order valence-electron chi connectivity index (χ4n) is 1.53. The molecular formula is C11H10F4N4. The van der Waals surface area contributed by atoms with E-state index < -0.39 is 35.0 Å². The second-order valence-electron chi connectivity index (χ2n) is 3.92. The Labute approximate surface area is 105 Å². The zero-order valence-electron chi connectivity index (χ0n) is 9.87. The average Bonchev–Trinajstić information content (AvgIpc) is 2.85. The van der Waals surface area contributed by atoms with Crippen LogP contribution in [0.25, 0.3) is 5.69 Å².